The van der Waals surface area contributed by atoms with Gasteiger partial charge in [0.05, 0.1) is 0 Å². The van der Waals surface area contributed by atoms with Crippen LogP contribution < -0.4 is 5.32 Å². The van der Waals surface area contributed by atoms with Crippen LogP contribution in [0.3, 0.4) is 0 Å². The zero-order valence-electron chi connectivity index (χ0n) is 11.2. The van der Waals surface area contributed by atoms with E-state index in [9.17, 15) is 4.79 Å². The molecule has 0 saturated heterocycles. The fourth-order valence-corrected chi connectivity index (χ4v) is 3.22. The van der Waals surface area contributed by atoms with Crippen LogP contribution in [0.4, 0.5) is 6.01 Å². The summed E-state index contributed by atoms with van der Waals surface area (Å²) < 4.78 is 5.42. The van der Waals surface area contributed by atoms with Gasteiger partial charge in [0.2, 0.25) is 5.91 Å². The van der Waals surface area contributed by atoms with E-state index < -0.39 is 0 Å². The van der Waals surface area contributed by atoms with Crippen molar-refractivity contribution in [2.24, 2.45) is 5.92 Å². The highest BCUT2D eigenvalue weighted by Gasteiger charge is 2.17. The van der Waals surface area contributed by atoms with Crippen LogP contribution in [0.2, 0.25) is 0 Å². The highest BCUT2D eigenvalue weighted by molar-refractivity contribution is 7.08. The molecular formula is C14H17N3O2S. The van der Waals surface area contributed by atoms with Gasteiger partial charge < -0.3 is 4.42 Å². The Hall–Kier alpha value is -1.69. The largest absolute Gasteiger partial charge is 0.403 e. The second kappa shape index (κ2) is 6.17. The number of hydrogen-bond donors (Lipinski definition) is 1. The zero-order chi connectivity index (χ0) is 13.8. The summed E-state index contributed by atoms with van der Waals surface area (Å²) in [7, 11) is 0. The molecule has 1 fully saturated rings. The molecule has 0 atom stereocenters. The molecule has 5 nitrogen and oxygen atoms in total. The summed E-state index contributed by atoms with van der Waals surface area (Å²) in [5.41, 5.74) is 0.883. The Balaban J connectivity index is 1.51. The second-order valence-corrected chi connectivity index (χ2v) is 5.94. The van der Waals surface area contributed by atoms with E-state index in [0.29, 0.717) is 18.2 Å². The van der Waals surface area contributed by atoms with E-state index >= 15 is 0 Å². The molecule has 0 aliphatic heterocycles. The normalized spacial score (nSPS) is 15.6. The number of thiophene rings is 1. The summed E-state index contributed by atoms with van der Waals surface area (Å²) in [6, 6.07) is 2.09. The minimum Gasteiger partial charge on any atom is -0.403 e. The molecule has 2 aromatic rings. The van der Waals surface area contributed by atoms with E-state index in [1.807, 2.05) is 16.8 Å². The zero-order valence-corrected chi connectivity index (χ0v) is 12.0. The van der Waals surface area contributed by atoms with Crippen molar-refractivity contribution in [2.45, 2.75) is 38.5 Å². The maximum Gasteiger partial charge on any atom is 0.322 e. The van der Waals surface area contributed by atoms with Gasteiger partial charge >= 0.3 is 6.01 Å². The maximum absolute atomic E-state index is 11.8. The molecule has 0 spiro atoms. The summed E-state index contributed by atoms with van der Waals surface area (Å²) in [5.74, 6) is 1.11. The molecule has 1 aliphatic carbocycles. The number of carbonyl (C=O) groups excluding carboxylic acids is 1. The first-order valence-corrected chi connectivity index (χ1v) is 7.91. The third kappa shape index (κ3) is 3.25. The molecule has 106 valence electrons. The fraction of sp³-hybridized carbons (Fsp3) is 0.500. The van der Waals surface area contributed by atoms with Gasteiger partial charge in [0.15, 0.2) is 0 Å². The number of aromatic nitrogens is 2. The summed E-state index contributed by atoms with van der Waals surface area (Å²) >= 11 is 1.56. The minimum absolute atomic E-state index is 0.0441. The topological polar surface area (TPSA) is 68.0 Å². The van der Waals surface area contributed by atoms with E-state index in [1.54, 1.807) is 11.3 Å². The summed E-state index contributed by atoms with van der Waals surface area (Å²) in [4.78, 5) is 11.8. The number of amides is 1. The van der Waals surface area contributed by atoms with E-state index in [1.165, 1.54) is 25.7 Å². The smallest absolute Gasteiger partial charge is 0.322 e. The molecule has 1 amide bonds. The van der Waals surface area contributed by atoms with E-state index in [-0.39, 0.29) is 11.9 Å². The molecule has 2 aromatic heterocycles. The number of nitrogens with zero attached hydrogens (tertiary/aromatic N) is 2. The molecule has 0 aromatic carbocycles. The van der Waals surface area contributed by atoms with Crippen molar-refractivity contribution in [2.75, 3.05) is 5.32 Å². The van der Waals surface area contributed by atoms with Crippen LogP contribution in [0.1, 0.15) is 38.5 Å². The standard InChI is InChI=1S/C14H17N3O2S/c18-12(6-5-10-3-1-2-4-10)15-14-17-16-13(19-14)11-7-8-20-9-11/h7-10H,1-6H2,(H,15,17,18). The first kappa shape index (κ1) is 13.3. The Bertz CT molecular complexity index is 559. The van der Waals surface area contributed by atoms with Gasteiger partial charge in [-0.3, -0.25) is 10.1 Å². The molecular weight excluding hydrogens is 274 g/mol. The van der Waals surface area contributed by atoms with Gasteiger partial charge in [0.25, 0.3) is 5.89 Å². The van der Waals surface area contributed by atoms with Gasteiger partial charge in [-0.25, -0.2) is 0 Å². The Morgan fingerprint density at radius 1 is 1.40 bits per heavy atom. The lowest BCUT2D eigenvalue weighted by Crippen LogP contribution is -2.12. The number of hydrogen-bond acceptors (Lipinski definition) is 5. The van der Waals surface area contributed by atoms with Crippen LogP contribution in [-0.2, 0) is 4.79 Å². The average Bonchev–Trinajstić information content (AvgIpc) is 3.18. The summed E-state index contributed by atoms with van der Waals surface area (Å²) in [6.45, 7) is 0. The van der Waals surface area contributed by atoms with Crippen molar-refractivity contribution in [1.29, 1.82) is 0 Å². The van der Waals surface area contributed by atoms with Crippen molar-refractivity contribution in [3.05, 3.63) is 16.8 Å². The molecule has 2 heterocycles. The molecule has 20 heavy (non-hydrogen) atoms. The number of anilines is 1. The molecule has 0 bridgehead atoms. The first-order chi connectivity index (χ1) is 9.81. The highest BCUT2D eigenvalue weighted by atomic mass is 32.1. The third-order valence-electron chi connectivity index (χ3n) is 3.69. The van der Waals surface area contributed by atoms with Crippen LogP contribution in [0.15, 0.2) is 21.2 Å². The lowest BCUT2D eigenvalue weighted by molar-refractivity contribution is -0.116. The van der Waals surface area contributed by atoms with Crippen molar-refractivity contribution >= 4 is 23.3 Å². The van der Waals surface area contributed by atoms with Crippen LogP contribution in [0.5, 0.6) is 0 Å². The second-order valence-electron chi connectivity index (χ2n) is 5.16. The lowest BCUT2D eigenvalue weighted by atomic mass is 10.0. The fourth-order valence-electron chi connectivity index (χ4n) is 2.59. The number of carbonyl (C=O) groups is 1. The van der Waals surface area contributed by atoms with E-state index in [0.717, 1.165) is 12.0 Å². The number of rotatable bonds is 5. The van der Waals surface area contributed by atoms with Crippen molar-refractivity contribution < 1.29 is 9.21 Å². The molecule has 1 saturated carbocycles. The molecule has 3 rings (SSSR count). The summed E-state index contributed by atoms with van der Waals surface area (Å²) in [6.07, 6.45) is 6.62. The molecule has 1 aliphatic rings. The highest BCUT2D eigenvalue weighted by Crippen LogP contribution is 2.28. The van der Waals surface area contributed by atoms with E-state index in [2.05, 4.69) is 15.5 Å². The van der Waals surface area contributed by atoms with Crippen molar-refractivity contribution in [3.63, 3.8) is 0 Å². The average molecular weight is 291 g/mol. The van der Waals surface area contributed by atoms with Gasteiger partial charge in [0, 0.05) is 17.4 Å². The number of nitrogens with one attached hydrogen (secondary N) is 1. The van der Waals surface area contributed by atoms with E-state index in [4.69, 9.17) is 4.42 Å². The van der Waals surface area contributed by atoms with Gasteiger partial charge in [0.1, 0.15) is 0 Å². The maximum atomic E-state index is 11.8. The SMILES string of the molecule is O=C(CCC1CCCC1)Nc1nnc(-c2ccsc2)o1. The first-order valence-electron chi connectivity index (χ1n) is 6.97. The molecule has 1 N–H and O–H groups in total. The predicted molar refractivity (Wildman–Crippen MR) is 77.4 cm³/mol. The minimum atomic E-state index is -0.0441. The summed E-state index contributed by atoms with van der Waals surface area (Å²) in [5, 5.41) is 14.3. The molecule has 0 unspecified atom stereocenters. The third-order valence-corrected chi connectivity index (χ3v) is 4.38. The monoisotopic (exact) mass is 291 g/mol. The van der Waals surface area contributed by atoms with Crippen molar-refractivity contribution in [3.8, 4) is 11.5 Å². The quantitative estimate of drug-likeness (QED) is 0.911. The molecule has 0 radical (unpaired) electrons. The van der Waals surface area contributed by atoms with Crippen LogP contribution in [0.25, 0.3) is 11.5 Å². The Labute approximate surface area is 121 Å². The van der Waals surface area contributed by atoms with Gasteiger partial charge in [-0.05, 0) is 23.8 Å². The molecule has 6 heteroatoms. The Morgan fingerprint density at radius 3 is 3.00 bits per heavy atom. The van der Waals surface area contributed by atoms with Crippen LogP contribution >= 0.6 is 11.3 Å². The van der Waals surface area contributed by atoms with Gasteiger partial charge in [-0.2, -0.15) is 11.3 Å². The van der Waals surface area contributed by atoms with Crippen molar-refractivity contribution in [1.82, 2.24) is 10.2 Å². The predicted octanol–water partition coefficient (Wildman–Crippen LogP) is 3.71. The van der Waals surface area contributed by atoms with Crippen LogP contribution in [-0.4, -0.2) is 16.1 Å². The Morgan fingerprint density at radius 2 is 2.25 bits per heavy atom. The Kier molecular flexibility index (Phi) is 4.11. The van der Waals surface area contributed by atoms with Gasteiger partial charge in [-0.1, -0.05) is 30.8 Å². The van der Waals surface area contributed by atoms with Gasteiger partial charge in [-0.15, -0.1) is 5.10 Å². The van der Waals surface area contributed by atoms with Crippen LogP contribution in [0, 0.1) is 5.92 Å². The lowest BCUT2D eigenvalue weighted by Gasteiger charge is -2.06.